The van der Waals surface area contributed by atoms with Crippen molar-refractivity contribution >= 4 is 0 Å². The van der Waals surface area contributed by atoms with Crippen molar-refractivity contribution in [3.63, 3.8) is 0 Å². The number of nitrogens with zero attached hydrogens (tertiary/aromatic N) is 1. The fraction of sp³-hybridized carbons (Fsp3) is 0.647. The van der Waals surface area contributed by atoms with Gasteiger partial charge in [-0.15, -0.1) is 0 Å². The second-order valence-corrected chi connectivity index (χ2v) is 6.92. The number of rotatable bonds is 1. The molecule has 2 N–H and O–H groups in total. The highest BCUT2D eigenvalue weighted by Crippen LogP contribution is 2.55. The van der Waals surface area contributed by atoms with Gasteiger partial charge >= 0.3 is 0 Å². The van der Waals surface area contributed by atoms with Crippen molar-refractivity contribution in [1.29, 1.82) is 0 Å². The van der Waals surface area contributed by atoms with Gasteiger partial charge in [-0.3, -0.25) is 0 Å². The van der Waals surface area contributed by atoms with Gasteiger partial charge in [-0.05, 0) is 38.4 Å². The van der Waals surface area contributed by atoms with Gasteiger partial charge in [0.15, 0.2) is 0 Å². The highest BCUT2D eigenvalue weighted by molar-refractivity contribution is 5.55. The number of hydrogen-bond acceptors (Lipinski definition) is 4. The van der Waals surface area contributed by atoms with Crippen LogP contribution >= 0.6 is 0 Å². The Morgan fingerprint density at radius 1 is 1.38 bits per heavy atom. The summed E-state index contributed by atoms with van der Waals surface area (Å²) in [6.45, 7) is 2.01. The van der Waals surface area contributed by atoms with E-state index in [0.717, 1.165) is 43.7 Å². The Morgan fingerprint density at radius 2 is 2.24 bits per heavy atom. The average molecular weight is 289 g/mol. The molecule has 4 rings (SSSR count). The third-order valence-corrected chi connectivity index (χ3v) is 5.66. The molecule has 0 saturated heterocycles. The first-order valence-electron chi connectivity index (χ1n) is 7.93. The van der Waals surface area contributed by atoms with Crippen LogP contribution in [0.3, 0.4) is 0 Å². The Labute approximate surface area is 125 Å². The van der Waals surface area contributed by atoms with E-state index < -0.39 is 0 Å². The van der Waals surface area contributed by atoms with Gasteiger partial charge < -0.3 is 19.8 Å². The van der Waals surface area contributed by atoms with Crippen LogP contribution in [0.4, 0.5) is 0 Å². The van der Waals surface area contributed by atoms with E-state index in [-0.39, 0.29) is 24.2 Å². The third-order valence-electron chi connectivity index (χ3n) is 5.66. The zero-order chi connectivity index (χ0) is 14.6. The maximum absolute atomic E-state index is 10.0. The van der Waals surface area contributed by atoms with E-state index in [9.17, 15) is 10.2 Å². The van der Waals surface area contributed by atoms with Crippen molar-refractivity contribution in [2.45, 2.75) is 56.5 Å². The van der Waals surface area contributed by atoms with Gasteiger partial charge in [0.25, 0.3) is 0 Å². The molecule has 1 saturated carbocycles. The lowest BCUT2D eigenvalue weighted by atomic mass is 9.65. The third kappa shape index (κ3) is 1.86. The van der Waals surface area contributed by atoms with Crippen LogP contribution in [0.1, 0.15) is 42.4 Å². The number of ether oxygens (including phenoxy) is 1. The standard InChI is InChI=1S/C17H23NO3/c1-18-7-6-17-5-4-13(20)8-14(17)21-16-12(10-19)3-2-11(9-18)15(16)17/h2-3,13-14,19-20H,4-10H2,1H3/t13?,14?,17-/m0/s1. The van der Waals surface area contributed by atoms with Crippen molar-refractivity contribution in [1.82, 2.24) is 4.90 Å². The maximum atomic E-state index is 10.0. The van der Waals surface area contributed by atoms with Crippen LogP contribution in [-0.4, -0.2) is 40.9 Å². The largest absolute Gasteiger partial charge is 0.489 e. The van der Waals surface area contributed by atoms with Crippen molar-refractivity contribution < 1.29 is 14.9 Å². The zero-order valence-corrected chi connectivity index (χ0v) is 12.5. The molecule has 0 radical (unpaired) electrons. The molecule has 2 heterocycles. The molecule has 0 aromatic heterocycles. The lowest BCUT2D eigenvalue weighted by Gasteiger charge is -2.40. The molecule has 1 aromatic rings. The van der Waals surface area contributed by atoms with Crippen LogP contribution < -0.4 is 4.74 Å². The maximum Gasteiger partial charge on any atom is 0.129 e. The molecule has 114 valence electrons. The minimum Gasteiger partial charge on any atom is -0.489 e. The van der Waals surface area contributed by atoms with Gasteiger partial charge in [0.2, 0.25) is 0 Å². The molecule has 1 aliphatic carbocycles. The highest BCUT2D eigenvalue weighted by atomic mass is 16.5. The number of benzene rings is 1. The topological polar surface area (TPSA) is 52.9 Å². The molecule has 4 heteroatoms. The molecule has 3 atom stereocenters. The Bertz CT molecular complexity index is 573. The average Bonchev–Trinajstić information content (AvgIpc) is 2.72. The molecule has 1 spiro atoms. The van der Waals surface area contributed by atoms with Gasteiger partial charge in [0.05, 0.1) is 12.7 Å². The molecule has 0 amide bonds. The first kappa shape index (κ1) is 13.6. The first-order valence-corrected chi connectivity index (χ1v) is 7.93. The number of hydrogen-bond donors (Lipinski definition) is 2. The van der Waals surface area contributed by atoms with Gasteiger partial charge in [-0.25, -0.2) is 0 Å². The molecule has 1 aromatic carbocycles. The summed E-state index contributed by atoms with van der Waals surface area (Å²) in [7, 11) is 2.16. The summed E-state index contributed by atoms with van der Waals surface area (Å²) in [5.74, 6) is 0.907. The Morgan fingerprint density at radius 3 is 3.05 bits per heavy atom. The van der Waals surface area contributed by atoms with Gasteiger partial charge in [0.1, 0.15) is 11.9 Å². The Balaban J connectivity index is 1.90. The minimum atomic E-state index is -0.253. The van der Waals surface area contributed by atoms with E-state index in [1.807, 2.05) is 6.07 Å². The molecule has 1 fully saturated rings. The van der Waals surface area contributed by atoms with Crippen LogP contribution in [0, 0.1) is 0 Å². The summed E-state index contributed by atoms with van der Waals surface area (Å²) in [4.78, 5) is 2.36. The summed E-state index contributed by atoms with van der Waals surface area (Å²) < 4.78 is 6.27. The molecular formula is C17H23NO3. The first-order chi connectivity index (χ1) is 10.1. The normalized spacial score (nSPS) is 34.8. The second kappa shape index (κ2) is 4.70. The predicted octanol–water partition coefficient (Wildman–Crippen LogP) is 1.56. The number of aliphatic hydroxyl groups excluding tert-OH is 2. The highest BCUT2D eigenvalue weighted by Gasteiger charge is 2.54. The minimum absolute atomic E-state index is 0.0177. The summed E-state index contributed by atoms with van der Waals surface area (Å²) in [6.07, 6.45) is 3.44. The van der Waals surface area contributed by atoms with Crippen LogP contribution in [0.5, 0.6) is 5.75 Å². The molecule has 21 heavy (non-hydrogen) atoms. The van der Waals surface area contributed by atoms with Gasteiger partial charge in [0, 0.05) is 29.5 Å². The summed E-state index contributed by atoms with van der Waals surface area (Å²) >= 11 is 0. The molecule has 0 bridgehead atoms. The molecule has 2 unspecified atom stereocenters. The molecule has 4 nitrogen and oxygen atoms in total. The van der Waals surface area contributed by atoms with E-state index in [4.69, 9.17) is 4.74 Å². The smallest absolute Gasteiger partial charge is 0.129 e. The molecule has 2 aliphatic heterocycles. The monoisotopic (exact) mass is 289 g/mol. The Hall–Kier alpha value is -1.10. The lowest BCUT2D eigenvalue weighted by Crippen LogP contribution is -2.45. The van der Waals surface area contributed by atoms with Crippen LogP contribution in [0.15, 0.2) is 12.1 Å². The van der Waals surface area contributed by atoms with E-state index in [1.165, 1.54) is 11.1 Å². The lowest BCUT2D eigenvalue weighted by molar-refractivity contribution is 0.0121. The van der Waals surface area contributed by atoms with Crippen molar-refractivity contribution in [2.75, 3.05) is 13.6 Å². The second-order valence-electron chi connectivity index (χ2n) is 6.92. The van der Waals surface area contributed by atoms with Crippen LogP contribution in [-0.2, 0) is 18.6 Å². The summed E-state index contributed by atoms with van der Waals surface area (Å²) in [5.41, 5.74) is 3.60. The summed E-state index contributed by atoms with van der Waals surface area (Å²) in [6, 6.07) is 4.15. The van der Waals surface area contributed by atoms with Crippen LogP contribution in [0.25, 0.3) is 0 Å². The van der Waals surface area contributed by atoms with E-state index in [0.29, 0.717) is 6.42 Å². The zero-order valence-electron chi connectivity index (χ0n) is 12.5. The number of aliphatic hydroxyl groups is 2. The van der Waals surface area contributed by atoms with Gasteiger partial charge in [-0.1, -0.05) is 12.1 Å². The Kier molecular flexibility index (Phi) is 3.03. The molecule has 3 aliphatic rings. The molecular weight excluding hydrogens is 266 g/mol. The SMILES string of the molecule is CN1CC[C@@]23CCC(O)CC2Oc2c(CO)ccc(c23)C1. The van der Waals surface area contributed by atoms with E-state index in [2.05, 4.69) is 18.0 Å². The van der Waals surface area contributed by atoms with Gasteiger partial charge in [-0.2, -0.15) is 0 Å². The van der Waals surface area contributed by atoms with E-state index >= 15 is 0 Å². The van der Waals surface area contributed by atoms with Crippen molar-refractivity contribution in [2.24, 2.45) is 0 Å². The van der Waals surface area contributed by atoms with Crippen LogP contribution in [0.2, 0.25) is 0 Å². The van der Waals surface area contributed by atoms with Crippen molar-refractivity contribution in [3.8, 4) is 5.75 Å². The predicted molar refractivity (Wildman–Crippen MR) is 79.3 cm³/mol. The fourth-order valence-corrected chi connectivity index (χ4v) is 4.54. The quantitative estimate of drug-likeness (QED) is 0.824. The fourth-order valence-electron chi connectivity index (χ4n) is 4.54. The van der Waals surface area contributed by atoms with E-state index in [1.54, 1.807) is 0 Å². The van der Waals surface area contributed by atoms with Crippen molar-refractivity contribution in [3.05, 3.63) is 28.8 Å². The summed E-state index contributed by atoms with van der Waals surface area (Å²) in [5, 5.41) is 19.7.